The van der Waals surface area contributed by atoms with Crippen LogP contribution in [0.25, 0.3) is 0 Å². The first-order chi connectivity index (χ1) is 6.66. The summed E-state index contributed by atoms with van der Waals surface area (Å²) in [5, 5.41) is 1.36. The molecule has 0 bridgehead atoms. The van der Waals surface area contributed by atoms with Crippen LogP contribution in [-0.4, -0.2) is 16.3 Å². The smallest absolute Gasteiger partial charge is 0.256 e. The predicted octanol–water partition coefficient (Wildman–Crippen LogP) is 2.20. The monoisotopic (exact) mass is 212 g/mol. The lowest BCUT2D eigenvalue weighted by Gasteiger charge is -2.15. The molecular formula is C10H16N2OS. The molecule has 3 atom stereocenters. The lowest BCUT2D eigenvalue weighted by atomic mass is 10.1. The van der Waals surface area contributed by atoms with Gasteiger partial charge in [0.05, 0.1) is 5.69 Å². The van der Waals surface area contributed by atoms with E-state index in [1.165, 1.54) is 6.42 Å². The summed E-state index contributed by atoms with van der Waals surface area (Å²) >= 11 is 1.73. The maximum atomic E-state index is 5.96. The molecule has 1 aromatic heterocycles. The zero-order valence-corrected chi connectivity index (χ0v) is 9.38. The number of aryl methyl sites for hydroxylation is 1. The number of thioether (sulfide) groups is 1. The maximum Gasteiger partial charge on any atom is 0.256 e. The Bertz CT molecular complexity index is 313. The third-order valence-electron chi connectivity index (χ3n) is 2.90. The summed E-state index contributed by atoms with van der Waals surface area (Å²) in [6.07, 6.45) is 3.99. The van der Waals surface area contributed by atoms with Gasteiger partial charge in [-0.05, 0) is 25.7 Å². The zero-order valence-electron chi connectivity index (χ0n) is 8.56. The summed E-state index contributed by atoms with van der Waals surface area (Å²) in [6, 6.07) is 0.351. The second-order valence-corrected chi connectivity index (χ2v) is 5.20. The second kappa shape index (κ2) is 3.95. The van der Waals surface area contributed by atoms with Crippen LogP contribution >= 0.6 is 11.8 Å². The molecule has 1 fully saturated rings. The van der Waals surface area contributed by atoms with Crippen molar-refractivity contribution in [3.05, 3.63) is 12.0 Å². The minimum Gasteiger partial charge on any atom is -0.440 e. The Morgan fingerprint density at radius 2 is 2.36 bits per heavy atom. The Balaban J connectivity index is 1.98. The fourth-order valence-corrected chi connectivity index (χ4v) is 3.07. The normalized spacial score (nSPS) is 32.4. The van der Waals surface area contributed by atoms with Crippen LogP contribution in [0.2, 0.25) is 0 Å². The molecule has 1 aliphatic rings. The van der Waals surface area contributed by atoms with Crippen LogP contribution < -0.4 is 5.73 Å². The van der Waals surface area contributed by atoms with Crippen LogP contribution in [0.15, 0.2) is 15.9 Å². The summed E-state index contributed by atoms with van der Waals surface area (Å²) in [7, 11) is 0. The lowest BCUT2D eigenvalue weighted by molar-refractivity contribution is 0.450. The van der Waals surface area contributed by atoms with E-state index in [2.05, 4.69) is 11.9 Å². The average Bonchev–Trinajstić information content (AvgIpc) is 2.67. The van der Waals surface area contributed by atoms with E-state index in [0.29, 0.717) is 17.2 Å². The molecule has 0 saturated heterocycles. The van der Waals surface area contributed by atoms with Gasteiger partial charge in [0.2, 0.25) is 0 Å². The van der Waals surface area contributed by atoms with Crippen molar-refractivity contribution in [1.29, 1.82) is 0 Å². The summed E-state index contributed by atoms with van der Waals surface area (Å²) in [5.41, 5.74) is 6.91. The van der Waals surface area contributed by atoms with Crippen molar-refractivity contribution in [1.82, 2.24) is 4.98 Å². The van der Waals surface area contributed by atoms with Gasteiger partial charge in [0.1, 0.15) is 6.26 Å². The van der Waals surface area contributed by atoms with Gasteiger partial charge >= 0.3 is 0 Å². The van der Waals surface area contributed by atoms with Gasteiger partial charge in [0.15, 0.2) is 0 Å². The van der Waals surface area contributed by atoms with Gasteiger partial charge in [-0.15, -0.1) is 0 Å². The lowest BCUT2D eigenvalue weighted by Crippen LogP contribution is -2.25. The quantitative estimate of drug-likeness (QED) is 0.816. The molecule has 0 aromatic carbocycles. The van der Waals surface area contributed by atoms with Crippen LogP contribution in [0.5, 0.6) is 0 Å². The van der Waals surface area contributed by atoms with Crippen LogP contribution in [0.1, 0.15) is 25.5 Å². The van der Waals surface area contributed by atoms with Crippen molar-refractivity contribution < 1.29 is 4.42 Å². The fraction of sp³-hybridized carbons (Fsp3) is 0.700. The summed E-state index contributed by atoms with van der Waals surface area (Å²) in [6.45, 7) is 4.16. The summed E-state index contributed by atoms with van der Waals surface area (Å²) in [4.78, 5) is 4.29. The number of rotatable bonds is 2. The standard InChI is InChI=1S/C10H16N2OS/c1-6-5-13-10(12-6)14-9-4-3-8(11)7(9)2/h5,7-9H,3-4,11H2,1-2H3. The van der Waals surface area contributed by atoms with Crippen molar-refractivity contribution in [2.45, 2.75) is 43.2 Å². The van der Waals surface area contributed by atoms with Gasteiger partial charge < -0.3 is 10.2 Å². The van der Waals surface area contributed by atoms with E-state index >= 15 is 0 Å². The molecule has 0 aliphatic heterocycles. The Labute approximate surface area is 88.5 Å². The molecule has 1 aromatic rings. The molecule has 3 nitrogen and oxygen atoms in total. The van der Waals surface area contributed by atoms with Crippen molar-refractivity contribution >= 4 is 11.8 Å². The van der Waals surface area contributed by atoms with E-state index in [-0.39, 0.29) is 0 Å². The SMILES string of the molecule is Cc1coc(SC2CCC(N)C2C)n1. The number of hydrogen-bond donors (Lipinski definition) is 1. The van der Waals surface area contributed by atoms with Crippen LogP contribution in [-0.2, 0) is 0 Å². The fourth-order valence-electron chi connectivity index (χ4n) is 1.84. The number of hydrogen-bond acceptors (Lipinski definition) is 4. The topological polar surface area (TPSA) is 52.0 Å². The molecule has 0 amide bonds. The van der Waals surface area contributed by atoms with Crippen LogP contribution in [0.3, 0.4) is 0 Å². The van der Waals surface area contributed by atoms with E-state index in [1.54, 1.807) is 18.0 Å². The van der Waals surface area contributed by atoms with E-state index < -0.39 is 0 Å². The van der Waals surface area contributed by atoms with Gasteiger partial charge in [-0.25, -0.2) is 4.98 Å². The van der Waals surface area contributed by atoms with Gasteiger partial charge in [0, 0.05) is 11.3 Å². The second-order valence-electron chi connectivity index (χ2n) is 4.01. The number of aromatic nitrogens is 1. The van der Waals surface area contributed by atoms with E-state index in [0.717, 1.165) is 17.3 Å². The minimum atomic E-state index is 0.351. The Kier molecular flexibility index (Phi) is 2.83. The van der Waals surface area contributed by atoms with Gasteiger partial charge in [-0.1, -0.05) is 18.7 Å². The number of nitrogens with zero attached hydrogens (tertiary/aromatic N) is 1. The van der Waals surface area contributed by atoms with Crippen molar-refractivity contribution in [3.63, 3.8) is 0 Å². The van der Waals surface area contributed by atoms with Crippen LogP contribution in [0.4, 0.5) is 0 Å². The largest absolute Gasteiger partial charge is 0.440 e. The molecule has 1 aliphatic carbocycles. The van der Waals surface area contributed by atoms with Crippen molar-refractivity contribution in [2.24, 2.45) is 11.7 Å². The highest BCUT2D eigenvalue weighted by Gasteiger charge is 2.31. The Hall–Kier alpha value is -0.480. The molecule has 4 heteroatoms. The summed E-state index contributed by atoms with van der Waals surface area (Å²) < 4.78 is 5.32. The van der Waals surface area contributed by atoms with Crippen molar-refractivity contribution in [2.75, 3.05) is 0 Å². The highest BCUT2D eigenvalue weighted by Crippen LogP contribution is 2.37. The molecule has 0 radical (unpaired) electrons. The molecule has 78 valence electrons. The highest BCUT2D eigenvalue weighted by molar-refractivity contribution is 7.99. The average molecular weight is 212 g/mol. The summed E-state index contributed by atoms with van der Waals surface area (Å²) in [5.74, 6) is 0.562. The molecule has 2 N–H and O–H groups in total. The molecule has 14 heavy (non-hydrogen) atoms. The molecule has 3 unspecified atom stereocenters. The van der Waals surface area contributed by atoms with E-state index in [4.69, 9.17) is 10.2 Å². The molecule has 0 spiro atoms. The van der Waals surface area contributed by atoms with Crippen molar-refractivity contribution in [3.8, 4) is 0 Å². The Morgan fingerprint density at radius 1 is 1.57 bits per heavy atom. The maximum absolute atomic E-state index is 5.96. The molecule has 1 heterocycles. The first-order valence-corrected chi connectivity index (χ1v) is 5.89. The third-order valence-corrected chi connectivity index (χ3v) is 4.25. The van der Waals surface area contributed by atoms with Gasteiger partial charge in [-0.2, -0.15) is 0 Å². The third kappa shape index (κ3) is 1.96. The van der Waals surface area contributed by atoms with E-state index in [9.17, 15) is 0 Å². The molecule has 2 rings (SSSR count). The first kappa shape index (κ1) is 10.1. The van der Waals surface area contributed by atoms with Crippen LogP contribution in [0, 0.1) is 12.8 Å². The molecule has 1 saturated carbocycles. The minimum absolute atomic E-state index is 0.351. The Morgan fingerprint density at radius 3 is 2.86 bits per heavy atom. The van der Waals surface area contributed by atoms with Gasteiger partial charge in [0.25, 0.3) is 5.22 Å². The van der Waals surface area contributed by atoms with E-state index in [1.807, 2.05) is 6.92 Å². The first-order valence-electron chi connectivity index (χ1n) is 5.01. The predicted molar refractivity (Wildman–Crippen MR) is 57.3 cm³/mol. The number of nitrogens with two attached hydrogens (primary N) is 1. The number of oxazole rings is 1. The molecular weight excluding hydrogens is 196 g/mol. The van der Waals surface area contributed by atoms with Gasteiger partial charge in [-0.3, -0.25) is 0 Å². The zero-order chi connectivity index (χ0) is 10.1. The highest BCUT2D eigenvalue weighted by atomic mass is 32.2.